The minimum absolute atomic E-state index is 0. The van der Waals surface area contributed by atoms with Crippen molar-refractivity contribution >= 4 is 65.9 Å². The largest absolute Gasteiger partial charge is 0.512 e. The van der Waals surface area contributed by atoms with Crippen LogP contribution in [0.2, 0.25) is 0 Å². The van der Waals surface area contributed by atoms with E-state index < -0.39 is 5.92 Å². The fourth-order valence-electron chi connectivity index (χ4n) is 4.04. The number of amidine groups is 3. The molecule has 51 heavy (non-hydrogen) atoms. The molecule has 0 saturated heterocycles. The first-order chi connectivity index (χ1) is 22.6. The SMILES string of the molecule is C=C1CCN=C(/C(C(C)=O)=C(/C)O)N1.C=C1CCN=C(/C(C(C)=O)=C(/C)O)N1.C=C1CCN=C(C(C(C)=O)C(C)=O)N1.CC.CC.CC.[B].[B].[B]. The molecule has 9 radical (unpaired) electrons. The lowest BCUT2D eigenvalue weighted by molar-refractivity contribution is -0.127. The van der Waals surface area contributed by atoms with Crippen LogP contribution in [-0.2, 0) is 19.2 Å². The second kappa shape index (κ2) is 32.8. The number of nitrogens with zero attached hydrogens (tertiary/aromatic N) is 3. The van der Waals surface area contributed by atoms with E-state index in [1.54, 1.807) is 0 Å². The molecule has 0 bridgehead atoms. The Morgan fingerprint density at radius 2 is 0.824 bits per heavy atom. The van der Waals surface area contributed by atoms with Gasteiger partial charge in [0.15, 0.2) is 11.6 Å². The molecule has 0 fully saturated rings. The Hall–Kier alpha value is -4.42. The number of nitrogens with one attached hydrogen (secondary N) is 3. The van der Waals surface area contributed by atoms with Gasteiger partial charge in [0.05, 0.1) is 11.1 Å². The minimum Gasteiger partial charge on any atom is -0.512 e. The maximum absolute atomic E-state index is 11.2. The lowest BCUT2D eigenvalue weighted by Crippen LogP contribution is -2.40. The molecule has 0 aromatic carbocycles. The van der Waals surface area contributed by atoms with E-state index in [2.05, 4.69) is 50.7 Å². The summed E-state index contributed by atoms with van der Waals surface area (Å²) < 4.78 is 0. The van der Waals surface area contributed by atoms with E-state index in [1.165, 1.54) is 41.5 Å². The second-order valence-corrected chi connectivity index (χ2v) is 9.85. The summed E-state index contributed by atoms with van der Waals surface area (Å²) >= 11 is 0. The molecule has 0 aromatic rings. The number of hydrogen-bond donors (Lipinski definition) is 5. The zero-order valence-electron chi connectivity index (χ0n) is 33.0. The Bertz CT molecular complexity index is 1240. The normalized spacial score (nSPS) is 14.8. The van der Waals surface area contributed by atoms with Crippen molar-refractivity contribution in [1.29, 1.82) is 0 Å². The number of ketones is 4. The molecule has 15 heteroatoms. The molecule has 0 atom stereocenters. The number of aliphatic imine (C=N–C) groups is 3. The van der Waals surface area contributed by atoms with Crippen LogP contribution in [0.3, 0.4) is 0 Å². The molecule has 279 valence electrons. The Morgan fingerprint density at radius 3 is 1.04 bits per heavy atom. The second-order valence-electron chi connectivity index (χ2n) is 9.85. The lowest BCUT2D eigenvalue weighted by atomic mass is 9.98. The van der Waals surface area contributed by atoms with Crippen molar-refractivity contribution in [2.75, 3.05) is 19.6 Å². The number of hydrogen-bond acceptors (Lipinski definition) is 12. The van der Waals surface area contributed by atoms with Gasteiger partial charge in [0.1, 0.15) is 46.5 Å². The van der Waals surface area contributed by atoms with E-state index >= 15 is 0 Å². The molecule has 12 nitrogen and oxygen atoms in total. The lowest BCUT2D eigenvalue weighted by Gasteiger charge is -2.21. The topological polar surface area (TPSA) is 182 Å². The van der Waals surface area contributed by atoms with Gasteiger partial charge in [-0.05, 0) is 41.5 Å². The zero-order valence-corrected chi connectivity index (χ0v) is 33.0. The Kier molecular flexibility index (Phi) is 37.8. The van der Waals surface area contributed by atoms with Crippen LogP contribution in [0.5, 0.6) is 0 Å². The van der Waals surface area contributed by atoms with Crippen LogP contribution in [0.1, 0.15) is 102 Å². The molecule has 0 aliphatic carbocycles. The van der Waals surface area contributed by atoms with E-state index in [0.717, 1.165) is 36.4 Å². The maximum Gasteiger partial charge on any atom is 0.166 e. The van der Waals surface area contributed by atoms with Gasteiger partial charge in [0.2, 0.25) is 0 Å². The molecule has 3 aliphatic rings. The molecular formula is C36H60B3N6O6. The fourth-order valence-corrected chi connectivity index (χ4v) is 4.04. The minimum atomic E-state index is -0.743. The Balaban J connectivity index is -0.000000135. The highest BCUT2D eigenvalue weighted by Crippen LogP contribution is 2.12. The van der Waals surface area contributed by atoms with Crippen LogP contribution < -0.4 is 16.0 Å². The first-order valence-corrected chi connectivity index (χ1v) is 16.4. The third kappa shape index (κ3) is 22.8. The van der Waals surface area contributed by atoms with Crippen LogP contribution in [-0.4, -0.2) is 95.7 Å². The summed E-state index contributed by atoms with van der Waals surface area (Å²) in [6.45, 7) is 33.6. The number of aliphatic hydroxyl groups is 2. The van der Waals surface area contributed by atoms with E-state index in [9.17, 15) is 29.4 Å². The maximum atomic E-state index is 11.2. The van der Waals surface area contributed by atoms with Crippen molar-refractivity contribution < 1.29 is 29.4 Å². The van der Waals surface area contributed by atoms with Crippen LogP contribution >= 0.6 is 0 Å². The summed E-state index contributed by atoms with van der Waals surface area (Å²) in [4.78, 5) is 57.3. The van der Waals surface area contributed by atoms with E-state index in [0.29, 0.717) is 37.1 Å². The standard InChI is InChI=1S/3C10H14N2O2.3C2H6.3B/c3*1-6-4-5-11-10(12-6)9(7(2)13)8(3)14;3*1-2;;;/h2*13H,1,4-5H2,2-3H3,(H,11,12);9H,1,4-5H2,2-3H3,(H,11,12);3*1-2H3;;;/b2*9-7-;;;;;;;. The van der Waals surface area contributed by atoms with Crippen LogP contribution in [0.4, 0.5) is 0 Å². The number of Topliss-reactive ketones (excluding diaryl/α,β-unsaturated/α-hetero) is 4. The third-order valence-corrected chi connectivity index (χ3v) is 5.95. The number of aliphatic hydroxyl groups excluding tert-OH is 2. The van der Waals surface area contributed by atoms with Gasteiger partial charge in [-0.1, -0.05) is 61.3 Å². The highest BCUT2D eigenvalue weighted by atomic mass is 16.3. The third-order valence-electron chi connectivity index (χ3n) is 5.95. The van der Waals surface area contributed by atoms with Crippen LogP contribution in [0.15, 0.2) is 74.5 Å². The monoisotopic (exact) mass is 705 g/mol. The van der Waals surface area contributed by atoms with Crippen molar-refractivity contribution in [3.8, 4) is 0 Å². The Labute approximate surface area is 313 Å². The van der Waals surface area contributed by atoms with Gasteiger partial charge < -0.3 is 26.2 Å². The van der Waals surface area contributed by atoms with Crippen LogP contribution in [0, 0.1) is 5.92 Å². The van der Waals surface area contributed by atoms with Gasteiger partial charge in [-0.2, -0.15) is 0 Å². The van der Waals surface area contributed by atoms with E-state index in [-0.39, 0.29) is 71.0 Å². The summed E-state index contributed by atoms with van der Waals surface area (Å²) in [5.74, 6) is -0.249. The van der Waals surface area contributed by atoms with Gasteiger partial charge in [0, 0.05) is 81.2 Å². The molecular weight excluding hydrogens is 645 g/mol. The highest BCUT2D eigenvalue weighted by molar-refractivity contribution is 6.22. The predicted octanol–water partition coefficient (Wildman–Crippen LogP) is 5.25. The van der Waals surface area contributed by atoms with Crippen molar-refractivity contribution in [3.63, 3.8) is 0 Å². The smallest absolute Gasteiger partial charge is 0.166 e. The molecule has 0 unspecified atom stereocenters. The summed E-state index contributed by atoms with van der Waals surface area (Å²) in [5.41, 5.74) is 2.92. The van der Waals surface area contributed by atoms with E-state index in [1.807, 2.05) is 41.5 Å². The van der Waals surface area contributed by atoms with Gasteiger partial charge >= 0.3 is 0 Å². The van der Waals surface area contributed by atoms with Gasteiger partial charge in [-0.25, -0.2) is 0 Å². The van der Waals surface area contributed by atoms with Crippen molar-refractivity contribution in [1.82, 2.24) is 16.0 Å². The molecule has 3 rings (SSSR count). The highest BCUT2D eigenvalue weighted by Gasteiger charge is 2.27. The first kappa shape index (κ1) is 58.8. The van der Waals surface area contributed by atoms with Crippen molar-refractivity contribution in [2.24, 2.45) is 20.9 Å². The first-order valence-electron chi connectivity index (χ1n) is 16.4. The summed E-state index contributed by atoms with van der Waals surface area (Å²) in [6.07, 6.45) is 2.28. The number of carbonyl (C=O) groups is 4. The van der Waals surface area contributed by atoms with Gasteiger partial charge in [-0.15, -0.1) is 0 Å². The molecule has 0 spiro atoms. The average Bonchev–Trinajstić information content (AvgIpc) is 3.00. The summed E-state index contributed by atoms with van der Waals surface area (Å²) in [5, 5.41) is 27.3. The number of rotatable bonds is 7. The summed E-state index contributed by atoms with van der Waals surface area (Å²) in [7, 11) is 0. The average molecular weight is 705 g/mol. The molecule has 0 aromatic heterocycles. The zero-order chi connectivity index (χ0) is 38.1. The number of carbonyl (C=O) groups excluding carboxylic acids is 4. The quantitative estimate of drug-likeness (QED) is 0.102. The predicted molar refractivity (Wildman–Crippen MR) is 216 cm³/mol. The molecule has 3 heterocycles. The van der Waals surface area contributed by atoms with Gasteiger partial charge in [-0.3, -0.25) is 34.2 Å². The summed E-state index contributed by atoms with van der Waals surface area (Å²) in [6, 6.07) is 0. The van der Waals surface area contributed by atoms with Crippen molar-refractivity contribution in [3.05, 3.63) is 59.5 Å². The molecule has 5 N–H and O–H groups in total. The fraction of sp³-hybridized carbons (Fsp3) is 0.528. The van der Waals surface area contributed by atoms with Crippen molar-refractivity contribution in [2.45, 2.75) is 102 Å². The number of allylic oxidation sites excluding steroid dienone is 2. The Morgan fingerprint density at radius 1 is 0.549 bits per heavy atom. The molecule has 3 aliphatic heterocycles. The van der Waals surface area contributed by atoms with E-state index in [4.69, 9.17) is 0 Å². The molecule has 0 saturated carbocycles. The molecule has 0 amide bonds. The van der Waals surface area contributed by atoms with Crippen LogP contribution in [0.25, 0.3) is 0 Å². The van der Waals surface area contributed by atoms with Gasteiger partial charge in [0.25, 0.3) is 0 Å².